The van der Waals surface area contributed by atoms with Crippen molar-refractivity contribution >= 4 is 34.5 Å². The van der Waals surface area contributed by atoms with Crippen LogP contribution in [0.15, 0.2) is 60.7 Å². The van der Waals surface area contributed by atoms with E-state index in [1.807, 2.05) is 60.7 Å². The van der Waals surface area contributed by atoms with E-state index in [1.54, 1.807) is 6.08 Å². The maximum absolute atomic E-state index is 11.9. The first-order valence-electron chi connectivity index (χ1n) is 5.29. The second kappa shape index (κ2) is 5.77. The number of ketones is 1. The largest absolute Gasteiger partial charge is 0.289 e. The average Bonchev–Trinajstić information content (AvgIpc) is 2.38. The summed E-state index contributed by atoms with van der Waals surface area (Å²) in [5, 5.41) is 0. The van der Waals surface area contributed by atoms with Gasteiger partial charge in [0, 0.05) is 9.13 Å². The van der Waals surface area contributed by atoms with Gasteiger partial charge in [0.25, 0.3) is 0 Å². The molecule has 0 radical (unpaired) electrons. The molecule has 0 heterocycles. The van der Waals surface area contributed by atoms with Crippen molar-refractivity contribution in [3.8, 4) is 0 Å². The van der Waals surface area contributed by atoms with Gasteiger partial charge < -0.3 is 0 Å². The first-order chi connectivity index (χ1) is 8.27. The van der Waals surface area contributed by atoms with Gasteiger partial charge in [-0.25, -0.2) is 0 Å². The molecule has 0 aromatic heterocycles. The van der Waals surface area contributed by atoms with E-state index < -0.39 is 0 Å². The lowest BCUT2D eigenvalue weighted by atomic mass is 10.1. The summed E-state index contributed by atoms with van der Waals surface area (Å²) >= 11 is 2.18. The number of allylic oxidation sites excluding steroid dienone is 1. The predicted molar refractivity (Wildman–Crippen MR) is 79.0 cm³/mol. The van der Waals surface area contributed by atoms with Gasteiger partial charge in [0.15, 0.2) is 5.78 Å². The monoisotopic (exact) mass is 334 g/mol. The molecule has 0 saturated heterocycles. The molecule has 0 bridgehead atoms. The minimum Gasteiger partial charge on any atom is -0.289 e. The average molecular weight is 334 g/mol. The van der Waals surface area contributed by atoms with Crippen molar-refractivity contribution in [3.63, 3.8) is 0 Å². The Kier molecular flexibility index (Phi) is 4.09. The highest BCUT2D eigenvalue weighted by atomic mass is 127. The highest BCUT2D eigenvalue weighted by molar-refractivity contribution is 14.1. The van der Waals surface area contributed by atoms with Crippen molar-refractivity contribution in [1.29, 1.82) is 0 Å². The molecule has 17 heavy (non-hydrogen) atoms. The van der Waals surface area contributed by atoms with Crippen molar-refractivity contribution in [1.82, 2.24) is 0 Å². The zero-order valence-electron chi connectivity index (χ0n) is 9.14. The Morgan fingerprint density at radius 1 is 0.941 bits per heavy atom. The Morgan fingerprint density at radius 3 is 2.29 bits per heavy atom. The second-order valence-corrected chi connectivity index (χ2v) is 4.75. The normalized spacial score (nSPS) is 10.6. The third kappa shape index (κ3) is 3.27. The van der Waals surface area contributed by atoms with Gasteiger partial charge in [-0.3, -0.25) is 4.79 Å². The van der Waals surface area contributed by atoms with Crippen molar-refractivity contribution in [2.24, 2.45) is 0 Å². The van der Waals surface area contributed by atoms with Crippen LogP contribution in [0.4, 0.5) is 0 Å². The number of benzene rings is 2. The molecular formula is C15H11IO. The van der Waals surface area contributed by atoms with Gasteiger partial charge in [-0.05, 0) is 46.4 Å². The Morgan fingerprint density at radius 2 is 1.59 bits per heavy atom. The van der Waals surface area contributed by atoms with Gasteiger partial charge in [-0.2, -0.15) is 0 Å². The Labute approximate surface area is 114 Å². The highest BCUT2D eigenvalue weighted by Crippen LogP contribution is 2.13. The molecule has 0 saturated carbocycles. The van der Waals surface area contributed by atoms with E-state index in [0.29, 0.717) is 0 Å². The van der Waals surface area contributed by atoms with Crippen molar-refractivity contribution in [2.75, 3.05) is 0 Å². The van der Waals surface area contributed by atoms with Crippen LogP contribution in [-0.4, -0.2) is 5.78 Å². The van der Waals surface area contributed by atoms with Gasteiger partial charge >= 0.3 is 0 Å². The fraction of sp³-hybridized carbons (Fsp3) is 0. The van der Waals surface area contributed by atoms with Crippen LogP contribution in [-0.2, 0) is 0 Å². The Balaban J connectivity index is 2.18. The predicted octanol–water partition coefficient (Wildman–Crippen LogP) is 4.19. The van der Waals surface area contributed by atoms with Gasteiger partial charge in [0.1, 0.15) is 0 Å². The topological polar surface area (TPSA) is 17.1 Å². The lowest BCUT2D eigenvalue weighted by Gasteiger charge is -1.98. The third-order valence-electron chi connectivity index (χ3n) is 2.37. The highest BCUT2D eigenvalue weighted by Gasteiger charge is 2.04. The molecule has 1 nitrogen and oxygen atoms in total. The molecule has 0 N–H and O–H groups in total. The van der Waals surface area contributed by atoms with E-state index in [9.17, 15) is 4.79 Å². The van der Waals surface area contributed by atoms with Crippen LogP contribution in [0.25, 0.3) is 6.08 Å². The van der Waals surface area contributed by atoms with Crippen molar-refractivity contribution in [2.45, 2.75) is 0 Å². The van der Waals surface area contributed by atoms with E-state index in [0.717, 1.165) is 14.7 Å². The van der Waals surface area contributed by atoms with E-state index in [1.165, 1.54) is 0 Å². The number of halogens is 1. The molecular weight excluding hydrogens is 323 g/mol. The molecule has 0 amide bonds. The van der Waals surface area contributed by atoms with Gasteiger partial charge in [-0.15, -0.1) is 0 Å². The fourth-order valence-corrected chi connectivity index (χ4v) is 2.14. The van der Waals surface area contributed by atoms with E-state index in [-0.39, 0.29) is 5.78 Å². The molecule has 84 valence electrons. The van der Waals surface area contributed by atoms with Gasteiger partial charge in [-0.1, -0.05) is 48.5 Å². The summed E-state index contributed by atoms with van der Waals surface area (Å²) in [5.41, 5.74) is 1.78. The molecule has 0 atom stereocenters. The molecule has 2 aromatic carbocycles. The zero-order chi connectivity index (χ0) is 12.1. The molecule has 0 fully saturated rings. The van der Waals surface area contributed by atoms with Crippen LogP contribution >= 0.6 is 22.6 Å². The fourth-order valence-electron chi connectivity index (χ4n) is 1.49. The summed E-state index contributed by atoms with van der Waals surface area (Å²) in [7, 11) is 0. The summed E-state index contributed by atoms with van der Waals surface area (Å²) in [6.07, 6.45) is 3.46. The lowest BCUT2D eigenvalue weighted by molar-refractivity contribution is 0.104. The lowest BCUT2D eigenvalue weighted by Crippen LogP contribution is -1.96. The Hall–Kier alpha value is -1.42. The minimum atomic E-state index is 0.0406. The number of carbonyl (C=O) groups is 1. The maximum Gasteiger partial charge on any atom is 0.186 e. The first kappa shape index (κ1) is 12.0. The summed E-state index contributed by atoms with van der Waals surface area (Å²) < 4.78 is 0.979. The standard InChI is InChI=1S/C15H11IO/c16-14-9-5-4-8-13(14)15(17)11-10-12-6-2-1-3-7-12/h1-11H. The van der Waals surface area contributed by atoms with Crippen LogP contribution in [0.1, 0.15) is 15.9 Å². The smallest absolute Gasteiger partial charge is 0.186 e. The molecule has 2 rings (SSSR count). The molecule has 0 unspecified atom stereocenters. The Bertz CT molecular complexity index is 544. The van der Waals surface area contributed by atoms with Crippen LogP contribution < -0.4 is 0 Å². The molecule has 0 spiro atoms. The van der Waals surface area contributed by atoms with E-state index in [4.69, 9.17) is 0 Å². The van der Waals surface area contributed by atoms with Gasteiger partial charge in [0.2, 0.25) is 0 Å². The molecule has 0 aliphatic rings. The third-order valence-corrected chi connectivity index (χ3v) is 3.31. The van der Waals surface area contributed by atoms with Crippen LogP contribution in [0.5, 0.6) is 0 Å². The molecule has 0 aliphatic carbocycles. The maximum atomic E-state index is 11.9. The van der Waals surface area contributed by atoms with Gasteiger partial charge in [0.05, 0.1) is 0 Å². The van der Waals surface area contributed by atoms with Crippen LogP contribution in [0.3, 0.4) is 0 Å². The quantitative estimate of drug-likeness (QED) is 0.467. The summed E-state index contributed by atoms with van der Waals surface area (Å²) in [5.74, 6) is 0.0406. The number of hydrogen-bond acceptors (Lipinski definition) is 1. The van der Waals surface area contributed by atoms with Crippen LogP contribution in [0, 0.1) is 3.57 Å². The summed E-state index contributed by atoms with van der Waals surface area (Å²) in [4.78, 5) is 11.9. The SMILES string of the molecule is O=C(C=Cc1ccccc1)c1ccccc1I. The molecule has 2 aromatic rings. The van der Waals surface area contributed by atoms with Crippen molar-refractivity contribution < 1.29 is 4.79 Å². The van der Waals surface area contributed by atoms with E-state index in [2.05, 4.69) is 22.6 Å². The van der Waals surface area contributed by atoms with Crippen LogP contribution in [0.2, 0.25) is 0 Å². The van der Waals surface area contributed by atoms with E-state index >= 15 is 0 Å². The minimum absolute atomic E-state index is 0.0406. The van der Waals surface area contributed by atoms with Crippen molar-refractivity contribution in [3.05, 3.63) is 75.4 Å². The number of carbonyl (C=O) groups excluding carboxylic acids is 1. The zero-order valence-corrected chi connectivity index (χ0v) is 11.3. The molecule has 0 aliphatic heterocycles. The number of hydrogen-bond donors (Lipinski definition) is 0. The molecule has 2 heteroatoms. The first-order valence-corrected chi connectivity index (χ1v) is 6.37. The summed E-state index contributed by atoms with van der Waals surface area (Å²) in [6, 6.07) is 17.4. The number of rotatable bonds is 3. The second-order valence-electron chi connectivity index (χ2n) is 3.59. The summed E-state index contributed by atoms with van der Waals surface area (Å²) in [6.45, 7) is 0.